The van der Waals surface area contributed by atoms with Gasteiger partial charge in [0.15, 0.2) is 0 Å². The van der Waals surface area contributed by atoms with Gasteiger partial charge in [-0.3, -0.25) is 28.8 Å². The summed E-state index contributed by atoms with van der Waals surface area (Å²) < 4.78 is 11.1. The van der Waals surface area contributed by atoms with Crippen LogP contribution in [0.15, 0.2) is 0 Å². The number of carboxylic acid groups (broad SMARTS) is 2. The van der Waals surface area contributed by atoms with Crippen molar-refractivity contribution < 1.29 is 53.2 Å². The number of carboxylic acids is 2. The lowest BCUT2D eigenvalue weighted by molar-refractivity contribution is -0.149. The first kappa shape index (κ1) is 61.2. The Kier molecular flexibility index (Phi) is 40.3. The van der Waals surface area contributed by atoms with Crippen LogP contribution in [0, 0.1) is 0 Å². The van der Waals surface area contributed by atoms with Crippen molar-refractivity contribution >= 4 is 41.6 Å². The van der Waals surface area contributed by atoms with Crippen LogP contribution >= 0.6 is 0 Å². The fraction of sp³-hybridized carbons (Fsp3) is 0.857. The fourth-order valence-electron chi connectivity index (χ4n) is 7.38. The van der Waals surface area contributed by atoms with Gasteiger partial charge in [-0.1, -0.05) is 155 Å². The van der Waals surface area contributed by atoms with Crippen LogP contribution in [0.1, 0.15) is 226 Å². The Morgan fingerprint density at radius 2 is 0.831 bits per heavy atom. The van der Waals surface area contributed by atoms with Crippen molar-refractivity contribution in [3.05, 3.63) is 0 Å². The second kappa shape index (κ2) is 42.8. The van der Waals surface area contributed by atoms with Gasteiger partial charge >= 0.3 is 23.9 Å². The number of ether oxygens (including phenoxy) is 2. The molecule has 378 valence electrons. The second-order valence-electron chi connectivity index (χ2n) is 17.7. The third-order valence-electron chi connectivity index (χ3n) is 11.6. The quantitative estimate of drug-likeness (QED) is 0.0226. The van der Waals surface area contributed by atoms with E-state index in [1.807, 2.05) is 0 Å². The van der Waals surface area contributed by atoms with Gasteiger partial charge in [0.05, 0.1) is 25.3 Å². The molecular formula is C49H91N5O11. The predicted molar refractivity (Wildman–Crippen MR) is 254 cm³/mol. The van der Waals surface area contributed by atoms with Crippen LogP contribution in [0.5, 0.6) is 0 Å². The predicted octanol–water partition coefficient (Wildman–Crippen LogP) is 7.90. The SMILES string of the molecule is CCCCCCCCCCCCCCOC(=O)CCC(NC(=O)C(CCCCNC(=O)C(N)CCC(=O)O)NC(=O)C(N)CCC(=O)O)C(=O)OCCCCCCCCCCCCCC. The standard InChI is InChI=1S/C49H91N5O11/c1-3-5-7-9-11-13-15-17-19-21-23-27-37-64-45(59)35-32-42(49(63)65-38-28-24-22-20-18-16-14-12-10-8-6-4-2)54-48(62)41(53-47(61)40(51)31-34-44(57)58)29-25-26-36-52-46(60)39(50)30-33-43(55)56/h39-42H,3-38,50-51H2,1-2H3,(H,52,60)(H,53,61)(H,54,62)(H,55,56)(H,57,58). The lowest BCUT2D eigenvalue weighted by atomic mass is 10.0. The molecule has 0 aliphatic carbocycles. The second-order valence-corrected chi connectivity index (χ2v) is 17.7. The molecule has 0 aliphatic rings. The Labute approximate surface area is 391 Å². The third-order valence-corrected chi connectivity index (χ3v) is 11.6. The summed E-state index contributed by atoms with van der Waals surface area (Å²) in [4.78, 5) is 87.3. The lowest BCUT2D eigenvalue weighted by Gasteiger charge is -2.24. The van der Waals surface area contributed by atoms with Gasteiger partial charge in [-0.2, -0.15) is 0 Å². The Morgan fingerprint density at radius 1 is 0.431 bits per heavy atom. The molecule has 0 saturated carbocycles. The van der Waals surface area contributed by atoms with Gasteiger partial charge in [-0.25, -0.2) is 4.79 Å². The van der Waals surface area contributed by atoms with Gasteiger partial charge < -0.3 is 47.1 Å². The molecule has 0 aromatic rings. The third kappa shape index (κ3) is 38.1. The van der Waals surface area contributed by atoms with E-state index >= 15 is 0 Å². The van der Waals surface area contributed by atoms with E-state index in [0.29, 0.717) is 19.3 Å². The van der Waals surface area contributed by atoms with Crippen molar-refractivity contribution in [2.75, 3.05) is 19.8 Å². The molecule has 3 amide bonds. The highest BCUT2D eigenvalue weighted by atomic mass is 16.5. The van der Waals surface area contributed by atoms with E-state index < -0.39 is 65.8 Å². The van der Waals surface area contributed by atoms with Crippen LogP contribution in [0.4, 0.5) is 0 Å². The maximum atomic E-state index is 13.8. The van der Waals surface area contributed by atoms with Crippen molar-refractivity contribution in [1.29, 1.82) is 0 Å². The topological polar surface area (TPSA) is 267 Å². The molecule has 4 atom stereocenters. The van der Waals surface area contributed by atoms with Crippen LogP contribution in [-0.2, 0) is 43.0 Å². The highest BCUT2D eigenvalue weighted by molar-refractivity contribution is 5.92. The molecule has 0 bridgehead atoms. The summed E-state index contributed by atoms with van der Waals surface area (Å²) in [5.41, 5.74) is 11.7. The minimum atomic E-state index is -1.22. The summed E-state index contributed by atoms with van der Waals surface area (Å²) in [7, 11) is 0. The maximum absolute atomic E-state index is 13.8. The molecule has 0 radical (unpaired) electrons. The number of carbonyl (C=O) groups is 7. The molecule has 4 unspecified atom stereocenters. The summed E-state index contributed by atoms with van der Waals surface area (Å²) in [6.45, 7) is 5.02. The maximum Gasteiger partial charge on any atom is 0.328 e. The van der Waals surface area contributed by atoms with E-state index in [0.717, 1.165) is 44.9 Å². The number of carbonyl (C=O) groups excluding carboxylic acids is 5. The molecule has 16 heteroatoms. The van der Waals surface area contributed by atoms with Crippen molar-refractivity contribution in [2.24, 2.45) is 11.5 Å². The Balaban J connectivity index is 5.37. The number of nitrogens with one attached hydrogen (secondary N) is 3. The van der Waals surface area contributed by atoms with Crippen LogP contribution < -0.4 is 27.4 Å². The van der Waals surface area contributed by atoms with Crippen molar-refractivity contribution in [3.63, 3.8) is 0 Å². The number of rotatable bonds is 46. The molecule has 9 N–H and O–H groups in total. The van der Waals surface area contributed by atoms with Crippen molar-refractivity contribution in [3.8, 4) is 0 Å². The number of hydrogen-bond donors (Lipinski definition) is 7. The van der Waals surface area contributed by atoms with Crippen molar-refractivity contribution in [2.45, 2.75) is 250 Å². The van der Waals surface area contributed by atoms with Gasteiger partial charge in [-0.15, -0.1) is 0 Å². The first-order valence-corrected chi connectivity index (χ1v) is 25.5. The van der Waals surface area contributed by atoms with Crippen LogP contribution in [0.25, 0.3) is 0 Å². The summed E-state index contributed by atoms with van der Waals surface area (Å²) >= 11 is 0. The summed E-state index contributed by atoms with van der Waals surface area (Å²) in [6.07, 6.45) is 27.6. The molecule has 65 heavy (non-hydrogen) atoms. The van der Waals surface area contributed by atoms with Gasteiger partial charge in [0.2, 0.25) is 17.7 Å². The Bertz CT molecular complexity index is 1290. The van der Waals surface area contributed by atoms with E-state index in [9.17, 15) is 33.6 Å². The van der Waals surface area contributed by atoms with E-state index in [1.54, 1.807) is 0 Å². The Morgan fingerprint density at radius 3 is 1.28 bits per heavy atom. The van der Waals surface area contributed by atoms with Gasteiger partial charge in [-0.05, 0) is 51.4 Å². The van der Waals surface area contributed by atoms with E-state index in [2.05, 4.69) is 29.8 Å². The summed E-state index contributed by atoms with van der Waals surface area (Å²) in [5.74, 6) is -5.40. The average molecular weight is 926 g/mol. The zero-order valence-corrected chi connectivity index (χ0v) is 40.5. The number of nitrogens with two attached hydrogens (primary N) is 2. The van der Waals surface area contributed by atoms with E-state index in [-0.39, 0.29) is 64.7 Å². The molecule has 16 nitrogen and oxygen atoms in total. The smallest absolute Gasteiger partial charge is 0.328 e. The zero-order chi connectivity index (χ0) is 48.3. The molecule has 0 rings (SSSR count). The normalized spacial score (nSPS) is 13.0. The van der Waals surface area contributed by atoms with Crippen molar-refractivity contribution in [1.82, 2.24) is 16.0 Å². The molecule has 0 saturated heterocycles. The highest BCUT2D eigenvalue weighted by Crippen LogP contribution is 2.15. The monoisotopic (exact) mass is 926 g/mol. The van der Waals surface area contributed by atoms with Gasteiger partial charge in [0, 0.05) is 25.8 Å². The number of unbranched alkanes of at least 4 members (excludes halogenated alkanes) is 23. The molecule has 0 heterocycles. The number of hydrogen-bond acceptors (Lipinski definition) is 11. The van der Waals surface area contributed by atoms with Crippen LogP contribution in [-0.4, -0.2) is 95.7 Å². The first-order valence-electron chi connectivity index (χ1n) is 25.5. The van der Waals surface area contributed by atoms with Gasteiger partial charge in [0.1, 0.15) is 12.1 Å². The molecule has 0 spiro atoms. The minimum Gasteiger partial charge on any atom is -0.481 e. The molecule has 0 aromatic carbocycles. The Hall–Kier alpha value is -3.79. The van der Waals surface area contributed by atoms with E-state index in [4.69, 9.17) is 31.2 Å². The van der Waals surface area contributed by atoms with E-state index in [1.165, 1.54) is 103 Å². The number of esters is 2. The van der Waals surface area contributed by atoms with Crippen LogP contribution in [0.3, 0.4) is 0 Å². The summed E-state index contributed by atoms with van der Waals surface area (Å²) in [5, 5.41) is 25.8. The molecular weight excluding hydrogens is 835 g/mol. The molecule has 0 fully saturated rings. The fourth-order valence-corrected chi connectivity index (χ4v) is 7.38. The summed E-state index contributed by atoms with van der Waals surface area (Å²) in [6, 6.07) is -4.63. The zero-order valence-electron chi connectivity index (χ0n) is 40.5. The minimum absolute atomic E-state index is 0.0301. The molecule has 0 aromatic heterocycles. The number of aliphatic carboxylic acids is 2. The first-order chi connectivity index (χ1) is 31.3. The highest BCUT2D eigenvalue weighted by Gasteiger charge is 2.29. The number of amides is 3. The lowest BCUT2D eigenvalue weighted by Crippen LogP contribution is -2.54. The average Bonchev–Trinajstić information content (AvgIpc) is 3.28. The molecule has 0 aliphatic heterocycles. The van der Waals surface area contributed by atoms with Crippen LogP contribution in [0.2, 0.25) is 0 Å². The van der Waals surface area contributed by atoms with Gasteiger partial charge in [0.25, 0.3) is 0 Å². The largest absolute Gasteiger partial charge is 0.481 e.